The minimum atomic E-state index is -0.826. The maximum absolute atomic E-state index is 11.4. The van der Waals surface area contributed by atoms with Gasteiger partial charge in [-0.15, -0.1) is 0 Å². The summed E-state index contributed by atoms with van der Waals surface area (Å²) in [4.78, 5) is 11.4. The van der Waals surface area contributed by atoms with E-state index in [1.165, 1.54) is 12.8 Å². The van der Waals surface area contributed by atoms with Gasteiger partial charge in [-0.3, -0.25) is 0 Å². The summed E-state index contributed by atoms with van der Waals surface area (Å²) >= 11 is 0. The van der Waals surface area contributed by atoms with Crippen LogP contribution in [0.2, 0.25) is 0 Å². The zero-order valence-electron chi connectivity index (χ0n) is 12.0. The molecule has 1 aliphatic rings. The molecule has 0 amide bonds. The summed E-state index contributed by atoms with van der Waals surface area (Å²) in [5, 5.41) is 9.37. The highest BCUT2D eigenvalue weighted by atomic mass is 16.4. The van der Waals surface area contributed by atoms with E-state index in [-0.39, 0.29) is 0 Å². The molecule has 0 aromatic heterocycles. The Kier molecular flexibility index (Phi) is 4.28. The third-order valence-corrected chi connectivity index (χ3v) is 4.51. The minimum Gasteiger partial charge on any atom is -0.478 e. The zero-order chi connectivity index (χ0) is 14.0. The van der Waals surface area contributed by atoms with E-state index in [0.29, 0.717) is 29.2 Å². The third kappa shape index (κ3) is 2.99. The molecule has 1 aromatic rings. The Balaban J connectivity index is 2.39. The Morgan fingerprint density at radius 3 is 2.79 bits per heavy atom. The molecule has 2 heteroatoms. The molecule has 3 unspecified atom stereocenters. The summed E-state index contributed by atoms with van der Waals surface area (Å²) in [6.07, 6.45) is 3.55. The van der Waals surface area contributed by atoms with Gasteiger partial charge in [0.05, 0.1) is 5.56 Å². The largest absolute Gasteiger partial charge is 0.478 e. The van der Waals surface area contributed by atoms with Crippen LogP contribution in [0.5, 0.6) is 0 Å². The molecule has 2 rings (SSSR count). The molecule has 0 heterocycles. The molecule has 3 atom stereocenters. The zero-order valence-corrected chi connectivity index (χ0v) is 12.0. The van der Waals surface area contributed by atoms with E-state index in [0.717, 1.165) is 12.0 Å². The monoisotopic (exact) mass is 259 g/mol. The molecule has 1 aromatic carbocycles. The molecule has 2 nitrogen and oxygen atoms in total. The van der Waals surface area contributed by atoms with Crippen molar-refractivity contribution < 1.29 is 9.90 Å². The smallest absolute Gasteiger partial charge is 0.335 e. The van der Waals surface area contributed by atoms with Crippen molar-refractivity contribution in [3.63, 3.8) is 0 Å². The maximum Gasteiger partial charge on any atom is 0.335 e. The number of carbonyl (C=O) groups is 1. The summed E-state index contributed by atoms with van der Waals surface area (Å²) < 4.78 is 0. The van der Waals surface area contributed by atoms with E-state index in [1.54, 1.807) is 12.1 Å². The molecule has 1 fully saturated rings. The van der Waals surface area contributed by atoms with Crippen LogP contribution in [0.1, 0.15) is 61.9 Å². The standard InChI is InChI=1S/C17H23O2/c1-11(2)13-9-8-12(3)10-16(13)14-6-4-5-7-15(14)17(18)19/h4-5,7,11-13,16H,8-10H2,1-3H3,(H,18,19). The van der Waals surface area contributed by atoms with E-state index in [2.05, 4.69) is 26.8 Å². The van der Waals surface area contributed by atoms with Gasteiger partial charge in [0.25, 0.3) is 0 Å². The lowest BCUT2D eigenvalue weighted by atomic mass is 9.67. The number of carboxylic acids is 1. The lowest BCUT2D eigenvalue weighted by Gasteiger charge is -2.38. The number of aromatic carboxylic acids is 1. The van der Waals surface area contributed by atoms with Crippen LogP contribution in [0.4, 0.5) is 0 Å². The highest BCUT2D eigenvalue weighted by Gasteiger charge is 2.33. The van der Waals surface area contributed by atoms with Crippen LogP contribution in [0.25, 0.3) is 0 Å². The fourth-order valence-electron chi connectivity index (χ4n) is 3.48. The molecular weight excluding hydrogens is 236 g/mol. The second kappa shape index (κ2) is 5.77. The highest BCUT2D eigenvalue weighted by Crippen LogP contribution is 2.44. The van der Waals surface area contributed by atoms with Gasteiger partial charge in [0.2, 0.25) is 0 Å². The van der Waals surface area contributed by atoms with Crippen LogP contribution in [0, 0.1) is 23.8 Å². The van der Waals surface area contributed by atoms with Gasteiger partial charge in [0.1, 0.15) is 0 Å². The lowest BCUT2D eigenvalue weighted by molar-refractivity contribution is 0.0692. The van der Waals surface area contributed by atoms with Crippen LogP contribution in [-0.2, 0) is 0 Å². The Labute approximate surface area is 115 Å². The SMILES string of the molecule is CC1CCC(C(C)C)C(c2[c]cccc2C(=O)O)C1. The van der Waals surface area contributed by atoms with E-state index in [4.69, 9.17) is 0 Å². The summed E-state index contributed by atoms with van der Waals surface area (Å²) in [7, 11) is 0. The minimum absolute atomic E-state index is 0.344. The normalized spacial score (nSPS) is 27.5. The first kappa shape index (κ1) is 14.1. The van der Waals surface area contributed by atoms with E-state index < -0.39 is 5.97 Å². The van der Waals surface area contributed by atoms with Gasteiger partial charge in [0.15, 0.2) is 0 Å². The Bertz CT molecular complexity index is 450. The topological polar surface area (TPSA) is 37.3 Å². The molecular formula is C17H23O2. The third-order valence-electron chi connectivity index (χ3n) is 4.51. The van der Waals surface area contributed by atoms with Crippen molar-refractivity contribution in [2.75, 3.05) is 0 Å². The first-order chi connectivity index (χ1) is 9.00. The summed E-state index contributed by atoms with van der Waals surface area (Å²) in [6, 6.07) is 8.54. The average Bonchev–Trinajstić information content (AvgIpc) is 2.38. The van der Waals surface area contributed by atoms with Gasteiger partial charge >= 0.3 is 5.97 Å². The van der Waals surface area contributed by atoms with Gasteiger partial charge < -0.3 is 5.11 Å². The van der Waals surface area contributed by atoms with Gasteiger partial charge in [-0.2, -0.15) is 0 Å². The predicted molar refractivity (Wildman–Crippen MR) is 76.3 cm³/mol. The second-order valence-electron chi connectivity index (χ2n) is 6.24. The van der Waals surface area contributed by atoms with Crippen molar-refractivity contribution in [2.24, 2.45) is 17.8 Å². The first-order valence-corrected chi connectivity index (χ1v) is 7.24. The number of hydrogen-bond donors (Lipinski definition) is 1. The molecule has 0 aliphatic heterocycles. The van der Waals surface area contributed by atoms with E-state index >= 15 is 0 Å². The highest BCUT2D eigenvalue weighted by molar-refractivity contribution is 5.89. The van der Waals surface area contributed by atoms with Gasteiger partial charge in [-0.25, -0.2) is 4.79 Å². The molecule has 1 aliphatic carbocycles. The molecule has 103 valence electrons. The molecule has 0 bridgehead atoms. The van der Waals surface area contributed by atoms with Crippen LogP contribution in [0.15, 0.2) is 18.2 Å². The number of benzene rings is 1. The fourth-order valence-corrected chi connectivity index (χ4v) is 3.48. The van der Waals surface area contributed by atoms with Crippen molar-refractivity contribution in [3.8, 4) is 0 Å². The summed E-state index contributed by atoms with van der Waals surface area (Å²) in [6.45, 7) is 6.76. The Hall–Kier alpha value is -1.31. The van der Waals surface area contributed by atoms with Gasteiger partial charge in [-0.05, 0) is 54.2 Å². The molecule has 1 N–H and O–H groups in total. The molecule has 19 heavy (non-hydrogen) atoms. The van der Waals surface area contributed by atoms with Crippen molar-refractivity contribution in [1.82, 2.24) is 0 Å². The Morgan fingerprint density at radius 1 is 1.42 bits per heavy atom. The summed E-state index contributed by atoms with van der Waals surface area (Å²) in [5.74, 6) is 1.36. The van der Waals surface area contributed by atoms with Crippen LogP contribution in [0.3, 0.4) is 0 Å². The molecule has 0 saturated heterocycles. The molecule has 1 saturated carbocycles. The number of carboxylic acid groups (broad SMARTS) is 1. The Morgan fingerprint density at radius 2 is 2.16 bits per heavy atom. The maximum atomic E-state index is 11.4. The van der Waals surface area contributed by atoms with Crippen LogP contribution < -0.4 is 0 Å². The van der Waals surface area contributed by atoms with Crippen LogP contribution >= 0.6 is 0 Å². The number of hydrogen-bond acceptors (Lipinski definition) is 1. The van der Waals surface area contributed by atoms with Crippen LogP contribution in [-0.4, -0.2) is 11.1 Å². The molecule has 0 spiro atoms. The van der Waals surface area contributed by atoms with Crippen molar-refractivity contribution in [3.05, 3.63) is 35.4 Å². The average molecular weight is 259 g/mol. The van der Waals surface area contributed by atoms with Gasteiger partial charge in [-0.1, -0.05) is 39.3 Å². The van der Waals surface area contributed by atoms with Crippen molar-refractivity contribution in [2.45, 2.75) is 46.0 Å². The van der Waals surface area contributed by atoms with E-state index in [9.17, 15) is 9.90 Å². The van der Waals surface area contributed by atoms with Gasteiger partial charge in [0, 0.05) is 0 Å². The van der Waals surface area contributed by atoms with Crippen molar-refractivity contribution in [1.29, 1.82) is 0 Å². The lowest BCUT2D eigenvalue weighted by Crippen LogP contribution is -2.27. The molecule has 1 radical (unpaired) electrons. The second-order valence-corrected chi connectivity index (χ2v) is 6.24. The number of rotatable bonds is 3. The first-order valence-electron chi connectivity index (χ1n) is 7.24. The summed E-state index contributed by atoms with van der Waals surface area (Å²) in [5.41, 5.74) is 1.35. The quantitative estimate of drug-likeness (QED) is 0.875. The van der Waals surface area contributed by atoms with Crippen molar-refractivity contribution >= 4 is 5.97 Å². The van der Waals surface area contributed by atoms with E-state index in [1.807, 2.05) is 6.07 Å². The predicted octanol–water partition coefficient (Wildman–Crippen LogP) is 4.36. The fraction of sp³-hybridized carbons (Fsp3) is 0.588.